The fourth-order valence-corrected chi connectivity index (χ4v) is 4.24. The van der Waals surface area contributed by atoms with Gasteiger partial charge >= 0.3 is 10.2 Å². The molecule has 2 aromatic rings. The van der Waals surface area contributed by atoms with Gasteiger partial charge in [0.15, 0.2) is 0 Å². The number of methoxy groups -OCH3 is 1. The summed E-state index contributed by atoms with van der Waals surface area (Å²) in [6, 6.07) is 14.7. The molecule has 2 amide bonds. The minimum atomic E-state index is -3.96. The number of carbonyl (C=O) groups is 2. The summed E-state index contributed by atoms with van der Waals surface area (Å²) in [5.74, 6) is -0.215. The lowest BCUT2D eigenvalue weighted by atomic mass is 10.1. The SMILES string of the molecule is CCNC(=O)C(C)N(Cc1cccc(OC)c1)C(=O)CN(c1ccccc1)S(=O)(=O)N(C)C. The smallest absolute Gasteiger partial charge is 0.304 e. The Morgan fingerprint density at radius 1 is 1.06 bits per heavy atom. The van der Waals surface area contributed by atoms with Gasteiger partial charge in [0.25, 0.3) is 0 Å². The number of carbonyl (C=O) groups excluding carboxylic acids is 2. The average Bonchev–Trinajstić information content (AvgIpc) is 2.81. The summed E-state index contributed by atoms with van der Waals surface area (Å²) in [6.45, 7) is 3.47. The van der Waals surface area contributed by atoms with Crippen LogP contribution in [-0.4, -0.2) is 69.8 Å². The van der Waals surface area contributed by atoms with Gasteiger partial charge in [-0.15, -0.1) is 0 Å². The molecule has 10 heteroatoms. The summed E-state index contributed by atoms with van der Waals surface area (Å²) >= 11 is 0. The van der Waals surface area contributed by atoms with E-state index in [1.165, 1.54) is 19.0 Å². The lowest BCUT2D eigenvalue weighted by Gasteiger charge is -2.32. The summed E-state index contributed by atoms with van der Waals surface area (Å²) in [7, 11) is 0.391. The highest BCUT2D eigenvalue weighted by Gasteiger charge is 2.32. The highest BCUT2D eigenvalue weighted by atomic mass is 32.2. The van der Waals surface area contributed by atoms with E-state index in [-0.39, 0.29) is 12.5 Å². The number of anilines is 1. The zero-order valence-corrected chi connectivity index (χ0v) is 20.5. The molecule has 0 saturated carbocycles. The van der Waals surface area contributed by atoms with Gasteiger partial charge in [-0.2, -0.15) is 12.7 Å². The van der Waals surface area contributed by atoms with Crippen LogP contribution in [0.3, 0.4) is 0 Å². The number of ether oxygens (including phenoxy) is 1. The van der Waals surface area contributed by atoms with Crippen molar-refractivity contribution in [1.29, 1.82) is 0 Å². The van der Waals surface area contributed by atoms with Gasteiger partial charge in [0.2, 0.25) is 11.8 Å². The van der Waals surface area contributed by atoms with Crippen molar-refractivity contribution >= 4 is 27.7 Å². The molecule has 0 spiro atoms. The largest absolute Gasteiger partial charge is 0.497 e. The topological polar surface area (TPSA) is 99.3 Å². The Kier molecular flexibility index (Phi) is 9.24. The molecule has 1 atom stereocenters. The van der Waals surface area contributed by atoms with Crippen LogP contribution in [0.2, 0.25) is 0 Å². The van der Waals surface area contributed by atoms with Gasteiger partial charge in [-0.25, -0.2) is 4.31 Å². The zero-order chi connectivity index (χ0) is 24.6. The van der Waals surface area contributed by atoms with Crippen molar-refractivity contribution in [2.45, 2.75) is 26.4 Å². The molecule has 0 saturated heterocycles. The van der Waals surface area contributed by atoms with E-state index in [1.54, 1.807) is 69.5 Å². The molecule has 0 heterocycles. The quantitative estimate of drug-likeness (QED) is 0.534. The molecular formula is C23H32N4O5S. The molecular weight excluding hydrogens is 444 g/mol. The lowest BCUT2D eigenvalue weighted by Crippen LogP contribution is -2.52. The van der Waals surface area contributed by atoms with E-state index < -0.39 is 28.7 Å². The van der Waals surface area contributed by atoms with Crippen molar-refractivity contribution in [2.24, 2.45) is 0 Å². The van der Waals surface area contributed by atoms with E-state index in [0.717, 1.165) is 14.2 Å². The van der Waals surface area contributed by atoms with Crippen LogP contribution in [0.4, 0.5) is 5.69 Å². The minimum absolute atomic E-state index is 0.110. The van der Waals surface area contributed by atoms with Crippen molar-refractivity contribution in [2.75, 3.05) is 38.6 Å². The highest BCUT2D eigenvalue weighted by molar-refractivity contribution is 7.90. The summed E-state index contributed by atoms with van der Waals surface area (Å²) in [6.07, 6.45) is 0. The standard InChI is InChI=1S/C23H32N4O5S/c1-6-24-23(29)18(2)26(16-19-11-10-14-21(15-19)32-5)22(28)17-27(33(30,31)25(3)4)20-12-8-7-9-13-20/h7-15,18H,6,16-17H2,1-5H3,(H,24,29). The summed E-state index contributed by atoms with van der Waals surface area (Å²) < 4.78 is 33.4. The second-order valence-corrected chi connectivity index (χ2v) is 9.64. The van der Waals surface area contributed by atoms with E-state index in [4.69, 9.17) is 4.74 Å². The molecule has 0 aliphatic carbocycles. The number of hydrogen-bond donors (Lipinski definition) is 1. The third-order valence-corrected chi connectivity index (χ3v) is 6.89. The van der Waals surface area contributed by atoms with Crippen molar-refractivity contribution < 1.29 is 22.7 Å². The van der Waals surface area contributed by atoms with Gasteiger partial charge in [0.1, 0.15) is 18.3 Å². The van der Waals surface area contributed by atoms with Gasteiger partial charge in [-0.05, 0) is 43.7 Å². The van der Waals surface area contributed by atoms with Crippen molar-refractivity contribution in [3.05, 3.63) is 60.2 Å². The van der Waals surface area contributed by atoms with Crippen LogP contribution in [0.15, 0.2) is 54.6 Å². The van der Waals surface area contributed by atoms with Crippen LogP contribution in [-0.2, 0) is 26.3 Å². The molecule has 0 radical (unpaired) electrons. The first kappa shape index (κ1) is 26.1. The van der Waals surface area contributed by atoms with Crippen LogP contribution in [0.25, 0.3) is 0 Å². The number of likely N-dealkylation sites (N-methyl/N-ethyl adjacent to an activating group) is 1. The van der Waals surface area contributed by atoms with E-state index >= 15 is 0 Å². The fourth-order valence-electron chi connectivity index (χ4n) is 3.18. The molecule has 2 rings (SSSR count). The van der Waals surface area contributed by atoms with Gasteiger partial charge in [0, 0.05) is 27.2 Å². The monoisotopic (exact) mass is 476 g/mol. The molecule has 2 aromatic carbocycles. The molecule has 0 aliphatic rings. The first-order valence-corrected chi connectivity index (χ1v) is 12.0. The van der Waals surface area contributed by atoms with Gasteiger partial charge in [-0.1, -0.05) is 30.3 Å². The van der Waals surface area contributed by atoms with Gasteiger partial charge in [-0.3, -0.25) is 9.59 Å². The Bertz CT molecular complexity index is 1040. The molecule has 0 bridgehead atoms. The lowest BCUT2D eigenvalue weighted by molar-refractivity contribution is -0.139. The second-order valence-electron chi connectivity index (χ2n) is 7.58. The maximum atomic E-state index is 13.5. The summed E-state index contributed by atoms with van der Waals surface area (Å²) in [5.41, 5.74) is 1.10. The van der Waals surface area contributed by atoms with E-state index in [2.05, 4.69) is 5.32 Å². The highest BCUT2D eigenvalue weighted by Crippen LogP contribution is 2.21. The maximum Gasteiger partial charge on any atom is 0.304 e. The molecule has 33 heavy (non-hydrogen) atoms. The summed E-state index contributed by atoms with van der Waals surface area (Å²) in [5, 5.41) is 2.72. The van der Waals surface area contributed by atoms with E-state index in [9.17, 15) is 18.0 Å². The second kappa shape index (κ2) is 11.7. The third kappa shape index (κ3) is 6.69. The molecule has 0 aromatic heterocycles. The fraction of sp³-hybridized carbons (Fsp3) is 0.391. The van der Waals surface area contributed by atoms with Crippen LogP contribution in [0, 0.1) is 0 Å². The number of para-hydroxylation sites is 1. The predicted octanol–water partition coefficient (Wildman–Crippen LogP) is 1.86. The number of hydrogen-bond acceptors (Lipinski definition) is 5. The zero-order valence-electron chi connectivity index (χ0n) is 19.7. The first-order valence-electron chi connectivity index (χ1n) is 10.6. The number of benzene rings is 2. The average molecular weight is 477 g/mol. The molecule has 1 unspecified atom stereocenters. The van der Waals surface area contributed by atoms with Crippen molar-refractivity contribution in [1.82, 2.24) is 14.5 Å². The predicted molar refractivity (Wildman–Crippen MR) is 128 cm³/mol. The Labute approximate surface area is 196 Å². The van der Waals surface area contributed by atoms with Crippen molar-refractivity contribution in [3.8, 4) is 5.75 Å². The first-order chi connectivity index (χ1) is 15.6. The number of rotatable bonds is 11. The molecule has 0 fully saturated rings. The number of amides is 2. The molecule has 9 nitrogen and oxygen atoms in total. The maximum absolute atomic E-state index is 13.5. The number of nitrogens with one attached hydrogen (secondary N) is 1. The number of nitrogens with zero attached hydrogens (tertiary/aromatic N) is 3. The Morgan fingerprint density at radius 2 is 1.73 bits per heavy atom. The van der Waals surface area contributed by atoms with Crippen molar-refractivity contribution in [3.63, 3.8) is 0 Å². The Morgan fingerprint density at radius 3 is 2.30 bits per heavy atom. The third-order valence-electron chi connectivity index (χ3n) is 5.07. The van der Waals surface area contributed by atoms with E-state index in [0.29, 0.717) is 18.0 Å². The molecule has 1 N–H and O–H groups in total. The molecule has 180 valence electrons. The normalized spacial score (nSPS) is 12.2. The van der Waals surface area contributed by atoms with Crippen LogP contribution >= 0.6 is 0 Å². The Hall–Kier alpha value is -3.11. The summed E-state index contributed by atoms with van der Waals surface area (Å²) in [4.78, 5) is 27.5. The minimum Gasteiger partial charge on any atom is -0.497 e. The van der Waals surface area contributed by atoms with Gasteiger partial charge < -0.3 is 15.0 Å². The molecule has 0 aliphatic heterocycles. The van der Waals surface area contributed by atoms with Crippen LogP contribution in [0.5, 0.6) is 5.75 Å². The Balaban J connectivity index is 2.43. The van der Waals surface area contributed by atoms with Crippen LogP contribution in [0.1, 0.15) is 19.4 Å². The van der Waals surface area contributed by atoms with Gasteiger partial charge in [0.05, 0.1) is 12.8 Å². The van der Waals surface area contributed by atoms with E-state index in [1.807, 2.05) is 6.07 Å². The van der Waals surface area contributed by atoms with Crippen LogP contribution < -0.4 is 14.4 Å².